The number of amides is 1. The third kappa shape index (κ3) is 6.09. The maximum atomic E-state index is 12.8. The maximum Gasteiger partial charge on any atom is 0.244 e. The molecule has 0 aromatic heterocycles. The summed E-state index contributed by atoms with van der Waals surface area (Å²) in [6, 6.07) is 15.7. The van der Waals surface area contributed by atoms with Crippen molar-refractivity contribution in [3.8, 4) is 5.75 Å². The Bertz CT molecular complexity index is 778. The van der Waals surface area contributed by atoms with E-state index in [1.807, 2.05) is 48.2 Å². The summed E-state index contributed by atoms with van der Waals surface area (Å²) in [5.41, 5.74) is 9.48. The van der Waals surface area contributed by atoms with Crippen LogP contribution in [0.25, 0.3) is 0 Å². The van der Waals surface area contributed by atoms with Gasteiger partial charge < -0.3 is 15.4 Å². The molecule has 0 bridgehead atoms. The van der Waals surface area contributed by atoms with Crippen LogP contribution in [0.1, 0.15) is 35.7 Å². The molecule has 29 heavy (non-hydrogen) atoms. The van der Waals surface area contributed by atoms with Gasteiger partial charge in [-0.05, 0) is 37.1 Å². The van der Waals surface area contributed by atoms with Crippen molar-refractivity contribution in [1.29, 1.82) is 0 Å². The highest BCUT2D eigenvalue weighted by atomic mass is 35.5. The number of ether oxygens (including phenoxy) is 1. The van der Waals surface area contributed by atoms with Crippen LogP contribution in [0.5, 0.6) is 5.75 Å². The Hall–Kier alpha value is -1.79. The number of nitrogens with two attached hydrogens (primary N) is 1. The van der Waals surface area contributed by atoms with Crippen LogP contribution in [0, 0.1) is 6.92 Å². The molecule has 3 rings (SSSR count). The minimum atomic E-state index is -0.590. The van der Waals surface area contributed by atoms with Crippen molar-refractivity contribution in [1.82, 2.24) is 9.80 Å². The van der Waals surface area contributed by atoms with Crippen LogP contribution in [0.2, 0.25) is 0 Å². The van der Waals surface area contributed by atoms with Crippen LogP contribution in [-0.4, -0.2) is 49.0 Å². The van der Waals surface area contributed by atoms with Crippen LogP contribution < -0.4 is 10.5 Å². The lowest BCUT2D eigenvalue weighted by atomic mass is 10.0. The van der Waals surface area contributed by atoms with Gasteiger partial charge >= 0.3 is 0 Å². The molecular formula is C22H31Cl2N3O2. The second-order valence-corrected chi connectivity index (χ2v) is 7.20. The van der Waals surface area contributed by atoms with Gasteiger partial charge in [-0.15, -0.1) is 24.8 Å². The van der Waals surface area contributed by atoms with E-state index in [9.17, 15) is 4.79 Å². The van der Waals surface area contributed by atoms with E-state index in [2.05, 4.69) is 24.0 Å². The van der Waals surface area contributed by atoms with Crippen molar-refractivity contribution in [2.24, 2.45) is 5.73 Å². The molecule has 0 spiro atoms. The molecule has 2 aromatic carbocycles. The molecule has 0 radical (unpaired) electrons. The highest BCUT2D eigenvalue weighted by Crippen LogP contribution is 2.25. The topological polar surface area (TPSA) is 58.8 Å². The van der Waals surface area contributed by atoms with Crippen LogP contribution in [-0.2, 0) is 4.79 Å². The highest BCUT2D eigenvalue weighted by molar-refractivity contribution is 5.85. The molecule has 1 aliphatic heterocycles. The number of aryl methyl sites for hydroxylation is 1. The highest BCUT2D eigenvalue weighted by Gasteiger charge is 2.28. The monoisotopic (exact) mass is 439 g/mol. The lowest BCUT2D eigenvalue weighted by molar-refractivity contribution is -0.134. The average Bonchev–Trinajstić information content (AvgIpc) is 2.73. The molecule has 5 nitrogen and oxygen atoms in total. The first-order valence-electron chi connectivity index (χ1n) is 9.48. The maximum absolute atomic E-state index is 12.8. The Labute approximate surface area is 186 Å². The summed E-state index contributed by atoms with van der Waals surface area (Å²) in [5.74, 6) is 0.879. The van der Waals surface area contributed by atoms with E-state index in [1.54, 1.807) is 7.11 Å². The van der Waals surface area contributed by atoms with Gasteiger partial charge in [-0.3, -0.25) is 9.69 Å². The summed E-state index contributed by atoms with van der Waals surface area (Å²) in [4.78, 5) is 17.1. The van der Waals surface area contributed by atoms with Gasteiger partial charge in [-0.1, -0.05) is 42.0 Å². The van der Waals surface area contributed by atoms with E-state index in [0.717, 1.165) is 24.4 Å². The van der Waals surface area contributed by atoms with Crippen LogP contribution in [0.4, 0.5) is 0 Å². The van der Waals surface area contributed by atoms with Crippen LogP contribution in [0.3, 0.4) is 0 Å². The molecule has 1 fully saturated rings. The first-order chi connectivity index (χ1) is 13.0. The molecule has 0 aliphatic carbocycles. The van der Waals surface area contributed by atoms with Gasteiger partial charge in [0.2, 0.25) is 5.91 Å². The summed E-state index contributed by atoms with van der Waals surface area (Å²) in [6.45, 7) is 7.30. The molecule has 0 saturated carbocycles. The van der Waals surface area contributed by atoms with Crippen molar-refractivity contribution in [3.63, 3.8) is 0 Å². The van der Waals surface area contributed by atoms with Crippen molar-refractivity contribution in [3.05, 3.63) is 65.2 Å². The second kappa shape index (κ2) is 11.4. The smallest absolute Gasteiger partial charge is 0.244 e. The minimum absolute atomic E-state index is 0. The van der Waals surface area contributed by atoms with Crippen molar-refractivity contribution in [2.45, 2.75) is 25.9 Å². The molecular weight excluding hydrogens is 409 g/mol. The molecule has 1 saturated heterocycles. The number of rotatable bonds is 5. The normalized spacial score (nSPS) is 16.2. The van der Waals surface area contributed by atoms with E-state index in [1.165, 1.54) is 11.1 Å². The van der Waals surface area contributed by atoms with Crippen molar-refractivity contribution in [2.75, 3.05) is 33.3 Å². The van der Waals surface area contributed by atoms with Crippen LogP contribution >= 0.6 is 24.8 Å². The fourth-order valence-electron chi connectivity index (χ4n) is 3.55. The number of benzene rings is 2. The predicted molar refractivity (Wildman–Crippen MR) is 122 cm³/mol. The van der Waals surface area contributed by atoms with Gasteiger partial charge in [-0.25, -0.2) is 0 Å². The molecule has 1 aliphatic rings. The molecule has 2 atom stereocenters. The standard InChI is InChI=1S/C22H29N3O2.2ClH/c1-16-7-9-18(10-8-16)21(23)22(26)25-13-11-24(12-14-25)17(2)19-5-4-6-20(15-19)27-3;;/h4-10,15,17,21H,11-14,23H2,1-3H3;2*1H. The van der Waals surface area contributed by atoms with Crippen molar-refractivity contribution >= 4 is 30.7 Å². The number of nitrogens with zero attached hydrogens (tertiary/aromatic N) is 2. The molecule has 1 amide bonds. The molecule has 160 valence electrons. The Morgan fingerprint density at radius 2 is 1.62 bits per heavy atom. The third-order valence-corrected chi connectivity index (χ3v) is 5.45. The summed E-state index contributed by atoms with van der Waals surface area (Å²) in [7, 11) is 1.69. The number of methoxy groups -OCH3 is 1. The van der Waals surface area contributed by atoms with Gasteiger partial charge in [-0.2, -0.15) is 0 Å². The van der Waals surface area contributed by atoms with E-state index in [-0.39, 0.29) is 36.8 Å². The Morgan fingerprint density at radius 3 is 2.21 bits per heavy atom. The SMILES string of the molecule is COc1cccc(C(C)N2CCN(C(=O)C(N)c3ccc(C)cc3)CC2)c1.Cl.Cl. The number of carbonyl (C=O) groups excluding carboxylic acids is 1. The number of hydrogen-bond donors (Lipinski definition) is 1. The van der Waals surface area contributed by atoms with Crippen LogP contribution in [0.15, 0.2) is 48.5 Å². The number of halogens is 2. The lowest BCUT2D eigenvalue weighted by Gasteiger charge is -2.39. The third-order valence-electron chi connectivity index (χ3n) is 5.45. The summed E-state index contributed by atoms with van der Waals surface area (Å²) in [6.07, 6.45) is 0. The molecule has 7 heteroatoms. The fraction of sp³-hybridized carbons (Fsp3) is 0.409. The van der Waals surface area contributed by atoms with E-state index < -0.39 is 6.04 Å². The first kappa shape index (κ1) is 25.2. The van der Waals surface area contributed by atoms with E-state index in [0.29, 0.717) is 13.1 Å². The number of hydrogen-bond acceptors (Lipinski definition) is 4. The second-order valence-electron chi connectivity index (χ2n) is 7.20. The van der Waals surface area contributed by atoms with Gasteiger partial charge in [0.1, 0.15) is 11.8 Å². The Morgan fingerprint density at radius 1 is 1.00 bits per heavy atom. The minimum Gasteiger partial charge on any atom is -0.497 e. The van der Waals surface area contributed by atoms with Crippen molar-refractivity contribution < 1.29 is 9.53 Å². The van der Waals surface area contributed by atoms with Gasteiger partial charge in [0, 0.05) is 32.2 Å². The zero-order valence-electron chi connectivity index (χ0n) is 17.2. The lowest BCUT2D eigenvalue weighted by Crippen LogP contribution is -2.51. The van der Waals surface area contributed by atoms with E-state index >= 15 is 0 Å². The fourth-order valence-corrected chi connectivity index (χ4v) is 3.55. The molecule has 2 aromatic rings. The van der Waals surface area contributed by atoms with Gasteiger partial charge in [0.05, 0.1) is 7.11 Å². The van der Waals surface area contributed by atoms with E-state index in [4.69, 9.17) is 10.5 Å². The molecule has 1 heterocycles. The van der Waals surface area contributed by atoms with Gasteiger partial charge in [0.15, 0.2) is 0 Å². The summed E-state index contributed by atoms with van der Waals surface area (Å²) >= 11 is 0. The van der Waals surface area contributed by atoms with Gasteiger partial charge in [0.25, 0.3) is 0 Å². The Balaban J connectivity index is 0.00000210. The molecule has 2 unspecified atom stereocenters. The number of piperazine rings is 1. The largest absolute Gasteiger partial charge is 0.497 e. The predicted octanol–water partition coefficient (Wildman–Crippen LogP) is 3.75. The zero-order chi connectivity index (χ0) is 19.4. The Kier molecular flexibility index (Phi) is 9.93. The quantitative estimate of drug-likeness (QED) is 0.770. The summed E-state index contributed by atoms with van der Waals surface area (Å²) < 4.78 is 5.33. The first-order valence-corrected chi connectivity index (χ1v) is 9.48. The average molecular weight is 440 g/mol. The molecule has 2 N–H and O–H groups in total. The zero-order valence-corrected chi connectivity index (χ0v) is 18.8. The number of carbonyl (C=O) groups is 1. The summed E-state index contributed by atoms with van der Waals surface area (Å²) in [5, 5.41) is 0.